The second-order valence-corrected chi connectivity index (χ2v) is 3.96. The van der Waals surface area contributed by atoms with Gasteiger partial charge in [0, 0.05) is 12.6 Å². The Labute approximate surface area is 99.0 Å². The largest absolute Gasteiger partial charge is 0.486 e. The van der Waals surface area contributed by atoms with Gasteiger partial charge in [-0.15, -0.1) is 0 Å². The fourth-order valence-corrected chi connectivity index (χ4v) is 1.95. The molecule has 0 radical (unpaired) electrons. The van der Waals surface area contributed by atoms with E-state index in [1.165, 1.54) is 0 Å². The standard InChI is InChI=1S/C12H13N3O2/c1-8-13-12(15(2)14-8)9-3-4-10-11(7-9)17-6-5-16-10/h3-4,7H,5-6H2,1-2H3. The summed E-state index contributed by atoms with van der Waals surface area (Å²) in [4.78, 5) is 4.38. The predicted octanol–water partition coefficient (Wildman–Crippen LogP) is 1.56. The Morgan fingerprint density at radius 1 is 1.18 bits per heavy atom. The Hall–Kier alpha value is -2.04. The highest BCUT2D eigenvalue weighted by Gasteiger charge is 2.14. The van der Waals surface area contributed by atoms with Crippen LogP contribution in [-0.4, -0.2) is 28.0 Å². The van der Waals surface area contributed by atoms with Gasteiger partial charge in [0.05, 0.1) is 0 Å². The van der Waals surface area contributed by atoms with Crippen molar-refractivity contribution in [3.63, 3.8) is 0 Å². The van der Waals surface area contributed by atoms with Crippen molar-refractivity contribution >= 4 is 0 Å². The molecule has 0 spiro atoms. The maximum Gasteiger partial charge on any atom is 0.162 e. The first kappa shape index (κ1) is 10.1. The number of hydrogen-bond donors (Lipinski definition) is 0. The molecular weight excluding hydrogens is 218 g/mol. The minimum atomic E-state index is 0.592. The highest BCUT2D eigenvalue weighted by Crippen LogP contribution is 2.33. The van der Waals surface area contributed by atoms with Crippen molar-refractivity contribution < 1.29 is 9.47 Å². The van der Waals surface area contributed by atoms with Crippen LogP contribution in [0.15, 0.2) is 18.2 Å². The highest BCUT2D eigenvalue weighted by atomic mass is 16.6. The molecule has 2 aromatic rings. The van der Waals surface area contributed by atoms with Crippen LogP contribution in [0.25, 0.3) is 11.4 Å². The fourth-order valence-electron chi connectivity index (χ4n) is 1.95. The highest BCUT2D eigenvalue weighted by molar-refractivity contribution is 5.61. The van der Waals surface area contributed by atoms with Crippen LogP contribution in [-0.2, 0) is 7.05 Å². The van der Waals surface area contributed by atoms with Crippen molar-refractivity contribution in [1.82, 2.24) is 14.8 Å². The van der Waals surface area contributed by atoms with Gasteiger partial charge in [0.1, 0.15) is 19.0 Å². The monoisotopic (exact) mass is 231 g/mol. The van der Waals surface area contributed by atoms with Gasteiger partial charge in [0.2, 0.25) is 0 Å². The number of nitrogens with zero attached hydrogens (tertiary/aromatic N) is 3. The van der Waals surface area contributed by atoms with Gasteiger partial charge in [-0.2, -0.15) is 5.10 Å². The number of rotatable bonds is 1. The Balaban J connectivity index is 2.06. The lowest BCUT2D eigenvalue weighted by atomic mass is 10.2. The molecule has 0 amide bonds. The van der Waals surface area contributed by atoms with Gasteiger partial charge in [-0.1, -0.05) is 0 Å². The van der Waals surface area contributed by atoms with Gasteiger partial charge < -0.3 is 9.47 Å². The first-order valence-electron chi connectivity index (χ1n) is 5.52. The number of aromatic nitrogens is 3. The molecule has 0 aliphatic carbocycles. The number of ether oxygens (including phenoxy) is 2. The Morgan fingerprint density at radius 2 is 1.94 bits per heavy atom. The molecule has 1 aromatic carbocycles. The molecule has 2 heterocycles. The quantitative estimate of drug-likeness (QED) is 0.747. The summed E-state index contributed by atoms with van der Waals surface area (Å²) in [5, 5.41) is 4.23. The molecule has 1 aliphatic heterocycles. The fraction of sp³-hybridized carbons (Fsp3) is 0.333. The third-order valence-electron chi connectivity index (χ3n) is 2.67. The summed E-state index contributed by atoms with van der Waals surface area (Å²) >= 11 is 0. The van der Waals surface area contributed by atoms with Crippen molar-refractivity contribution in [2.75, 3.05) is 13.2 Å². The van der Waals surface area contributed by atoms with E-state index in [-0.39, 0.29) is 0 Å². The molecule has 5 heteroatoms. The first-order valence-corrected chi connectivity index (χ1v) is 5.52. The number of benzene rings is 1. The van der Waals surface area contributed by atoms with Gasteiger partial charge in [-0.05, 0) is 25.1 Å². The van der Waals surface area contributed by atoms with Crippen LogP contribution in [0.5, 0.6) is 11.5 Å². The normalized spacial score (nSPS) is 13.8. The molecular formula is C12H13N3O2. The van der Waals surface area contributed by atoms with Crippen molar-refractivity contribution in [1.29, 1.82) is 0 Å². The van der Waals surface area contributed by atoms with Crippen LogP contribution < -0.4 is 9.47 Å². The summed E-state index contributed by atoms with van der Waals surface area (Å²) in [5.74, 6) is 3.16. The maximum atomic E-state index is 5.55. The summed E-state index contributed by atoms with van der Waals surface area (Å²) in [6, 6.07) is 5.82. The maximum absolute atomic E-state index is 5.55. The summed E-state index contributed by atoms with van der Waals surface area (Å²) in [6.07, 6.45) is 0. The Kier molecular flexibility index (Phi) is 2.24. The van der Waals surface area contributed by atoms with Crippen LogP contribution in [0.1, 0.15) is 5.82 Å². The molecule has 0 N–H and O–H groups in total. The number of aryl methyl sites for hydroxylation is 2. The Morgan fingerprint density at radius 3 is 2.65 bits per heavy atom. The van der Waals surface area contributed by atoms with Crippen LogP contribution in [0.2, 0.25) is 0 Å². The molecule has 3 rings (SSSR count). The average Bonchev–Trinajstić information content (AvgIpc) is 2.68. The second kappa shape index (κ2) is 3.76. The molecule has 17 heavy (non-hydrogen) atoms. The van der Waals surface area contributed by atoms with Crippen LogP contribution >= 0.6 is 0 Å². The van der Waals surface area contributed by atoms with Gasteiger partial charge in [-0.25, -0.2) is 9.67 Å². The van der Waals surface area contributed by atoms with E-state index < -0.39 is 0 Å². The van der Waals surface area contributed by atoms with Gasteiger partial charge >= 0.3 is 0 Å². The zero-order valence-corrected chi connectivity index (χ0v) is 9.80. The predicted molar refractivity (Wildman–Crippen MR) is 62.2 cm³/mol. The van der Waals surface area contributed by atoms with E-state index in [1.54, 1.807) is 4.68 Å². The van der Waals surface area contributed by atoms with Gasteiger partial charge in [-0.3, -0.25) is 0 Å². The van der Waals surface area contributed by atoms with Crippen LogP contribution in [0.3, 0.4) is 0 Å². The number of hydrogen-bond acceptors (Lipinski definition) is 4. The molecule has 0 bridgehead atoms. The molecule has 1 aromatic heterocycles. The van der Waals surface area contributed by atoms with Crippen molar-refractivity contribution in [3.05, 3.63) is 24.0 Å². The van der Waals surface area contributed by atoms with E-state index in [9.17, 15) is 0 Å². The van der Waals surface area contributed by atoms with Gasteiger partial charge in [0.25, 0.3) is 0 Å². The van der Waals surface area contributed by atoms with Crippen molar-refractivity contribution in [3.8, 4) is 22.9 Å². The molecule has 5 nitrogen and oxygen atoms in total. The van der Waals surface area contributed by atoms with E-state index >= 15 is 0 Å². The smallest absolute Gasteiger partial charge is 0.162 e. The Bertz CT molecular complexity index is 563. The molecule has 0 saturated carbocycles. The summed E-state index contributed by atoms with van der Waals surface area (Å²) in [6.45, 7) is 3.07. The summed E-state index contributed by atoms with van der Waals surface area (Å²) in [7, 11) is 1.88. The summed E-state index contributed by atoms with van der Waals surface area (Å²) < 4.78 is 12.8. The molecule has 88 valence electrons. The molecule has 0 atom stereocenters. The first-order chi connectivity index (χ1) is 8.24. The lowest BCUT2D eigenvalue weighted by Crippen LogP contribution is -2.15. The van der Waals surface area contributed by atoms with E-state index in [4.69, 9.17) is 9.47 Å². The zero-order valence-electron chi connectivity index (χ0n) is 9.80. The van der Waals surface area contributed by atoms with Crippen molar-refractivity contribution in [2.45, 2.75) is 6.92 Å². The van der Waals surface area contributed by atoms with E-state index in [2.05, 4.69) is 10.1 Å². The summed E-state index contributed by atoms with van der Waals surface area (Å²) in [5.41, 5.74) is 0.984. The third-order valence-corrected chi connectivity index (χ3v) is 2.67. The number of fused-ring (bicyclic) bond motifs is 1. The molecule has 1 aliphatic rings. The minimum Gasteiger partial charge on any atom is -0.486 e. The van der Waals surface area contributed by atoms with E-state index in [1.807, 2.05) is 32.2 Å². The average molecular weight is 231 g/mol. The molecule has 0 fully saturated rings. The topological polar surface area (TPSA) is 49.2 Å². The molecule has 0 unspecified atom stereocenters. The second-order valence-electron chi connectivity index (χ2n) is 3.96. The van der Waals surface area contributed by atoms with E-state index in [0.29, 0.717) is 13.2 Å². The zero-order chi connectivity index (χ0) is 11.8. The lowest BCUT2D eigenvalue weighted by Gasteiger charge is -2.18. The lowest BCUT2D eigenvalue weighted by molar-refractivity contribution is 0.171. The van der Waals surface area contributed by atoms with Gasteiger partial charge in [0.15, 0.2) is 17.3 Å². The van der Waals surface area contributed by atoms with Crippen LogP contribution in [0.4, 0.5) is 0 Å². The van der Waals surface area contributed by atoms with Crippen LogP contribution in [0, 0.1) is 6.92 Å². The minimum absolute atomic E-state index is 0.592. The third kappa shape index (κ3) is 1.73. The van der Waals surface area contributed by atoms with Crippen molar-refractivity contribution in [2.24, 2.45) is 7.05 Å². The SMILES string of the molecule is Cc1nc(-c2ccc3c(c2)OCCO3)n(C)n1. The molecule has 0 saturated heterocycles. The van der Waals surface area contributed by atoms with E-state index in [0.717, 1.165) is 28.7 Å².